The summed E-state index contributed by atoms with van der Waals surface area (Å²) in [4.78, 5) is 0. The molecular weight excluding hydrogens is 266 g/mol. The van der Waals surface area contributed by atoms with E-state index in [4.69, 9.17) is 13.9 Å². The van der Waals surface area contributed by atoms with Crippen LogP contribution in [0.1, 0.15) is 43.7 Å². The van der Waals surface area contributed by atoms with E-state index in [1.807, 2.05) is 24.3 Å². The molecule has 4 heteroatoms. The molecule has 2 rings (SSSR count). The van der Waals surface area contributed by atoms with Gasteiger partial charge in [-0.25, -0.2) is 0 Å². The number of hydrogen-bond donors (Lipinski definition) is 1. The van der Waals surface area contributed by atoms with Crippen LogP contribution in [0, 0.1) is 0 Å². The lowest BCUT2D eigenvalue weighted by Gasteiger charge is -2.22. The van der Waals surface area contributed by atoms with E-state index in [0.29, 0.717) is 0 Å². The molecule has 0 bridgehead atoms. The smallest absolute Gasteiger partial charge is 0.161 e. The summed E-state index contributed by atoms with van der Waals surface area (Å²) in [5.41, 5.74) is 1.17. The van der Waals surface area contributed by atoms with E-state index in [-0.39, 0.29) is 12.1 Å². The summed E-state index contributed by atoms with van der Waals surface area (Å²) < 4.78 is 16.1. The maximum atomic E-state index is 5.45. The maximum Gasteiger partial charge on any atom is 0.161 e. The third-order valence-corrected chi connectivity index (χ3v) is 3.64. The molecule has 21 heavy (non-hydrogen) atoms. The van der Waals surface area contributed by atoms with Crippen molar-refractivity contribution < 1.29 is 13.9 Å². The van der Waals surface area contributed by atoms with Gasteiger partial charge in [0.2, 0.25) is 0 Å². The molecule has 0 aliphatic rings. The third-order valence-electron chi connectivity index (χ3n) is 3.64. The van der Waals surface area contributed by atoms with E-state index in [1.54, 1.807) is 20.5 Å². The van der Waals surface area contributed by atoms with E-state index in [2.05, 4.69) is 25.2 Å². The van der Waals surface area contributed by atoms with E-state index in [1.165, 1.54) is 5.56 Å². The first-order chi connectivity index (χ1) is 10.2. The van der Waals surface area contributed by atoms with E-state index in [9.17, 15) is 0 Å². The zero-order valence-corrected chi connectivity index (χ0v) is 13.1. The zero-order chi connectivity index (χ0) is 15.2. The molecule has 0 radical (unpaired) electrons. The Kier molecular flexibility index (Phi) is 5.28. The number of rotatable bonds is 7. The maximum absolute atomic E-state index is 5.45. The predicted molar refractivity (Wildman–Crippen MR) is 82.8 cm³/mol. The van der Waals surface area contributed by atoms with Gasteiger partial charge in [-0.15, -0.1) is 0 Å². The van der Waals surface area contributed by atoms with Gasteiger partial charge in [-0.2, -0.15) is 0 Å². The van der Waals surface area contributed by atoms with Crippen molar-refractivity contribution in [1.29, 1.82) is 0 Å². The van der Waals surface area contributed by atoms with Crippen LogP contribution < -0.4 is 14.8 Å². The van der Waals surface area contributed by atoms with Gasteiger partial charge in [-0.05, 0) is 43.2 Å². The van der Waals surface area contributed by atoms with Crippen LogP contribution in [0.5, 0.6) is 11.5 Å². The zero-order valence-electron chi connectivity index (χ0n) is 13.1. The second-order valence-electron chi connectivity index (χ2n) is 4.98. The average molecular weight is 289 g/mol. The first kappa shape index (κ1) is 15.4. The molecule has 0 aliphatic carbocycles. The number of furan rings is 1. The Bertz CT molecular complexity index is 551. The fourth-order valence-electron chi connectivity index (χ4n) is 2.44. The van der Waals surface area contributed by atoms with E-state index < -0.39 is 0 Å². The van der Waals surface area contributed by atoms with Gasteiger partial charge in [-0.3, -0.25) is 0 Å². The van der Waals surface area contributed by atoms with Gasteiger partial charge in [0.15, 0.2) is 11.5 Å². The molecule has 0 saturated carbocycles. The number of hydrogen-bond acceptors (Lipinski definition) is 4. The number of methoxy groups -OCH3 is 2. The number of nitrogens with one attached hydrogen (secondary N) is 1. The Labute approximate surface area is 126 Å². The van der Waals surface area contributed by atoms with Gasteiger partial charge in [0.1, 0.15) is 5.76 Å². The molecule has 0 amide bonds. The largest absolute Gasteiger partial charge is 0.493 e. The van der Waals surface area contributed by atoms with Crippen LogP contribution in [0.2, 0.25) is 0 Å². The fourth-order valence-corrected chi connectivity index (χ4v) is 2.44. The van der Waals surface area contributed by atoms with Crippen LogP contribution in [0.3, 0.4) is 0 Å². The number of ether oxygens (including phenoxy) is 2. The first-order valence-electron chi connectivity index (χ1n) is 7.21. The molecule has 0 fully saturated rings. The monoisotopic (exact) mass is 289 g/mol. The Morgan fingerprint density at radius 1 is 1.14 bits per heavy atom. The summed E-state index contributed by atoms with van der Waals surface area (Å²) in [6, 6.07) is 10.3. The van der Waals surface area contributed by atoms with Gasteiger partial charge in [0.25, 0.3) is 0 Å². The van der Waals surface area contributed by atoms with Crippen molar-refractivity contribution in [3.05, 3.63) is 47.9 Å². The molecule has 1 heterocycles. The van der Waals surface area contributed by atoms with Crippen molar-refractivity contribution in [2.24, 2.45) is 0 Å². The van der Waals surface area contributed by atoms with Crippen LogP contribution in [0.4, 0.5) is 0 Å². The van der Waals surface area contributed by atoms with Crippen LogP contribution in [-0.4, -0.2) is 14.2 Å². The van der Waals surface area contributed by atoms with Crippen molar-refractivity contribution >= 4 is 0 Å². The predicted octanol–water partition coefficient (Wildman–Crippen LogP) is 4.10. The highest BCUT2D eigenvalue weighted by molar-refractivity contribution is 5.43. The van der Waals surface area contributed by atoms with Gasteiger partial charge in [-0.1, -0.05) is 13.0 Å². The molecule has 0 spiro atoms. The van der Waals surface area contributed by atoms with Gasteiger partial charge >= 0.3 is 0 Å². The second kappa shape index (κ2) is 7.18. The molecule has 2 atom stereocenters. The summed E-state index contributed by atoms with van der Waals surface area (Å²) in [5.74, 6) is 2.44. The molecule has 0 saturated heterocycles. The Balaban J connectivity index is 2.17. The Hall–Kier alpha value is -1.94. The summed E-state index contributed by atoms with van der Waals surface area (Å²) in [5, 5.41) is 3.58. The van der Waals surface area contributed by atoms with Crippen molar-refractivity contribution in [3.63, 3.8) is 0 Å². The quantitative estimate of drug-likeness (QED) is 0.833. The van der Waals surface area contributed by atoms with Gasteiger partial charge in [0, 0.05) is 6.04 Å². The Morgan fingerprint density at radius 3 is 2.48 bits per heavy atom. The molecule has 1 N–H and O–H groups in total. The molecule has 2 aromatic rings. The van der Waals surface area contributed by atoms with Crippen molar-refractivity contribution in [1.82, 2.24) is 5.32 Å². The molecule has 4 nitrogen and oxygen atoms in total. The molecule has 2 unspecified atom stereocenters. The molecule has 1 aromatic heterocycles. The van der Waals surface area contributed by atoms with Crippen molar-refractivity contribution in [2.45, 2.75) is 32.4 Å². The highest BCUT2D eigenvalue weighted by Crippen LogP contribution is 2.31. The second-order valence-corrected chi connectivity index (χ2v) is 4.98. The molecule has 114 valence electrons. The average Bonchev–Trinajstić information content (AvgIpc) is 3.06. The Morgan fingerprint density at radius 2 is 1.90 bits per heavy atom. The van der Waals surface area contributed by atoms with Crippen molar-refractivity contribution in [3.8, 4) is 11.5 Å². The van der Waals surface area contributed by atoms with Crippen molar-refractivity contribution in [2.75, 3.05) is 14.2 Å². The minimum atomic E-state index is 0.151. The standard InChI is InChI=1S/C17H23NO3/c1-5-14(18-12(2)15-7-6-10-21-15)13-8-9-16(19-3)17(11-13)20-4/h6-12,14,18H,5H2,1-4H3. The summed E-state index contributed by atoms with van der Waals surface area (Å²) >= 11 is 0. The fraction of sp³-hybridized carbons (Fsp3) is 0.412. The summed E-state index contributed by atoms with van der Waals surface area (Å²) in [7, 11) is 3.30. The minimum Gasteiger partial charge on any atom is -0.493 e. The highest BCUT2D eigenvalue weighted by Gasteiger charge is 2.17. The summed E-state index contributed by atoms with van der Waals surface area (Å²) in [6.45, 7) is 4.26. The van der Waals surface area contributed by atoms with Crippen LogP contribution in [0.15, 0.2) is 41.0 Å². The summed E-state index contributed by atoms with van der Waals surface area (Å²) in [6.07, 6.45) is 2.67. The van der Waals surface area contributed by atoms with Gasteiger partial charge in [0.05, 0.1) is 26.5 Å². The topological polar surface area (TPSA) is 43.6 Å². The molecule has 1 aromatic carbocycles. The van der Waals surface area contributed by atoms with Gasteiger partial charge < -0.3 is 19.2 Å². The van der Waals surface area contributed by atoms with Crippen LogP contribution in [-0.2, 0) is 0 Å². The first-order valence-corrected chi connectivity index (χ1v) is 7.21. The lowest BCUT2D eigenvalue weighted by atomic mass is 10.0. The highest BCUT2D eigenvalue weighted by atomic mass is 16.5. The normalized spacial score (nSPS) is 13.7. The van der Waals surface area contributed by atoms with Crippen LogP contribution in [0.25, 0.3) is 0 Å². The lowest BCUT2D eigenvalue weighted by Crippen LogP contribution is -2.24. The minimum absolute atomic E-state index is 0.151. The van der Waals surface area contributed by atoms with E-state index in [0.717, 1.165) is 23.7 Å². The molecule has 0 aliphatic heterocycles. The third kappa shape index (κ3) is 3.58. The van der Waals surface area contributed by atoms with Crippen LogP contribution >= 0.6 is 0 Å². The van der Waals surface area contributed by atoms with E-state index >= 15 is 0 Å². The molecular formula is C17H23NO3. The SMILES string of the molecule is CCC(NC(C)c1ccco1)c1ccc(OC)c(OC)c1. The lowest BCUT2D eigenvalue weighted by molar-refractivity contribution is 0.352. The number of benzene rings is 1.